The van der Waals surface area contributed by atoms with Crippen LogP contribution < -0.4 is 21.7 Å². The Kier molecular flexibility index (Phi) is 11.7. The minimum Gasteiger partial charge on any atom is -0.480 e. The first-order valence-corrected chi connectivity index (χ1v) is 10.4. The van der Waals surface area contributed by atoms with E-state index in [9.17, 15) is 29.4 Å². The van der Waals surface area contributed by atoms with Crippen LogP contribution in [-0.4, -0.2) is 76.2 Å². The Morgan fingerprint density at radius 3 is 1.86 bits per heavy atom. The van der Waals surface area contributed by atoms with E-state index in [4.69, 9.17) is 5.73 Å². The summed E-state index contributed by atoms with van der Waals surface area (Å²) < 4.78 is 0. The van der Waals surface area contributed by atoms with Gasteiger partial charge in [0.25, 0.3) is 0 Å². The molecular formula is C17H32N4O6S. The van der Waals surface area contributed by atoms with Crippen molar-refractivity contribution in [1.82, 2.24) is 16.0 Å². The zero-order valence-corrected chi connectivity index (χ0v) is 17.7. The van der Waals surface area contributed by atoms with Crippen LogP contribution in [0.1, 0.15) is 34.1 Å². The summed E-state index contributed by atoms with van der Waals surface area (Å²) in [5.74, 6) is -3.04. The van der Waals surface area contributed by atoms with E-state index in [1.54, 1.807) is 13.8 Å². The van der Waals surface area contributed by atoms with Gasteiger partial charge in [0.1, 0.15) is 18.1 Å². The molecule has 0 radical (unpaired) electrons. The zero-order valence-electron chi connectivity index (χ0n) is 16.9. The Labute approximate surface area is 169 Å². The maximum Gasteiger partial charge on any atom is 0.326 e. The molecule has 0 aromatic rings. The molecule has 11 heteroatoms. The molecule has 162 valence electrons. The van der Waals surface area contributed by atoms with Crippen LogP contribution in [-0.2, 0) is 19.2 Å². The third-order valence-electron chi connectivity index (χ3n) is 3.95. The number of hydrogen-bond acceptors (Lipinski definition) is 7. The maximum atomic E-state index is 12.6. The highest BCUT2D eigenvalue weighted by atomic mass is 32.2. The maximum absolute atomic E-state index is 12.6. The largest absolute Gasteiger partial charge is 0.480 e. The smallest absolute Gasteiger partial charge is 0.326 e. The monoisotopic (exact) mass is 420 g/mol. The number of carboxylic acids is 1. The topological polar surface area (TPSA) is 171 Å². The summed E-state index contributed by atoms with van der Waals surface area (Å²) >= 11 is 1.45. The number of rotatable bonds is 12. The highest BCUT2D eigenvalue weighted by Gasteiger charge is 2.32. The fourth-order valence-corrected chi connectivity index (χ4v) is 2.69. The molecule has 7 N–H and O–H groups in total. The number of nitrogens with one attached hydrogen (secondary N) is 3. The Morgan fingerprint density at radius 1 is 0.929 bits per heavy atom. The van der Waals surface area contributed by atoms with Gasteiger partial charge in [-0.25, -0.2) is 4.79 Å². The van der Waals surface area contributed by atoms with Crippen molar-refractivity contribution in [3.05, 3.63) is 0 Å². The van der Waals surface area contributed by atoms with Gasteiger partial charge in [0, 0.05) is 0 Å². The fraction of sp³-hybridized carbons (Fsp3) is 0.765. The third kappa shape index (κ3) is 8.89. The van der Waals surface area contributed by atoms with E-state index in [1.807, 2.05) is 6.26 Å². The highest BCUT2D eigenvalue weighted by molar-refractivity contribution is 7.98. The van der Waals surface area contributed by atoms with Crippen molar-refractivity contribution in [2.24, 2.45) is 11.7 Å². The molecule has 0 aliphatic rings. The molecule has 5 unspecified atom stereocenters. The van der Waals surface area contributed by atoms with Crippen LogP contribution in [0, 0.1) is 5.92 Å². The van der Waals surface area contributed by atoms with E-state index >= 15 is 0 Å². The van der Waals surface area contributed by atoms with Gasteiger partial charge in [-0.3, -0.25) is 14.4 Å². The molecule has 5 atom stereocenters. The molecule has 0 bridgehead atoms. The number of aliphatic carboxylic acids is 1. The van der Waals surface area contributed by atoms with Gasteiger partial charge >= 0.3 is 5.97 Å². The van der Waals surface area contributed by atoms with Gasteiger partial charge in [0.2, 0.25) is 17.7 Å². The Morgan fingerprint density at radius 2 is 1.46 bits per heavy atom. The van der Waals surface area contributed by atoms with Gasteiger partial charge < -0.3 is 31.9 Å². The Bertz CT molecular complexity index is 556. The molecule has 0 aliphatic heterocycles. The molecule has 10 nitrogen and oxygen atoms in total. The predicted octanol–water partition coefficient (Wildman–Crippen LogP) is -1.34. The normalized spacial score (nSPS) is 16.4. The van der Waals surface area contributed by atoms with E-state index in [0.717, 1.165) is 0 Å². The fourth-order valence-electron chi connectivity index (χ4n) is 2.22. The average molecular weight is 421 g/mol. The molecule has 28 heavy (non-hydrogen) atoms. The van der Waals surface area contributed by atoms with Crippen molar-refractivity contribution < 1.29 is 29.4 Å². The van der Waals surface area contributed by atoms with Crippen molar-refractivity contribution in [2.45, 2.75) is 64.4 Å². The van der Waals surface area contributed by atoms with Crippen LogP contribution >= 0.6 is 11.8 Å². The lowest BCUT2D eigenvalue weighted by molar-refractivity contribution is -0.143. The van der Waals surface area contributed by atoms with Gasteiger partial charge in [-0.15, -0.1) is 0 Å². The predicted molar refractivity (Wildman–Crippen MR) is 107 cm³/mol. The molecule has 0 aromatic heterocycles. The molecule has 0 saturated carbocycles. The number of carbonyl (C=O) groups excluding carboxylic acids is 3. The van der Waals surface area contributed by atoms with Crippen molar-refractivity contribution in [3.8, 4) is 0 Å². The van der Waals surface area contributed by atoms with E-state index in [2.05, 4.69) is 16.0 Å². The average Bonchev–Trinajstić information content (AvgIpc) is 2.59. The second-order valence-corrected chi connectivity index (χ2v) is 7.91. The molecule has 0 aromatic carbocycles. The summed E-state index contributed by atoms with van der Waals surface area (Å²) in [5, 5.41) is 26.3. The first-order chi connectivity index (χ1) is 12.9. The summed E-state index contributed by atoms with van der Waals surface area (Å²) in [6.45, 7) is 6.06. The molecule has 0 fully saturated rings. The van der Waals surface area contributed by atoms with Crippen LogP contribution in [0.15, 0.2) is 0 Å². The number of carbonyl (C=O) groups is 4. The molecule has 0 spiro atoms. The van der Waals surface area contributed by atoms with Crippen LogP contribution in [0.2, 0.25) is 0 Å². The lowest BCUT2D eigenvalue weighted by atomic mass is 10.0. The minimum atomic E-state index is -1.30. The first kappa shape index (κ1) is 26.1. The first-order valence-electron chi connectivity index (χ1n) is 8.98. The summed E-state index contributed by atoms with van der Waals surface area (Å²) in [7, 11) is 0. The molecule has 0 saturated heterocycles. The number of aliphatic hydroxyl groups excluding tert-OH is 1. The van der Waals surface area contributed by atoms with Gasteiger partial charge in [0.15, 0.2) is 0 Å². The summed E-state index contributed by atoms with van der Waals surface area (Å²) in [5.41, 5.74) is 5.46. The van der Waals surface area contributed by atoms with Crippen molar-refractivity contribution in [1.29, 1.82) is 0 Å². The molecular weight excluding hydrogens is 388 g/mol. The van der Waals surface area contributed by atoms with E-state index < -0.39 is 54.0 Å². The Balaban J connectivity index is 5.32. The van der Waals surface area contributed by atoms with E-state index in [0.29, 0.717) is 5.75 Å². The molecule has 3 amide bonds. The van der Waals surface area contributed by atoms with Crippen molar-refractivity contribution in [3.63, 3.8) is 0 Å². The second-order valence-electron chi connectivity index (χ2n) is 6.93. The summed E-state index contributed by atoms with van der Waals surface area (Å²) in [6.07, 6.45) is 0.845. The second kappa shape index (κ2) is 12.6. The SMILES string of the molecule is CSCCC(NC(=O)C(NC(=O)C(C)N)C(C)O)C(=O)NC(C(=O)O)C(C)C. The van der Waals surface area contributed by atoms with Gasteiger partial charge in [-0.1, -0.05) is 13.8 Å². The van der Waals surface area contributed by atoms with Crippen LogP contribution in [0.5, 0.6) is 0 Å². The number of aliphatic hydroxyl groups is 1. The summed E-state index contributed by atoms with van der Waals surface area (Å²) in [6, 6.07) is -4.31. The molecule has 0 aliphatic carbocycles. The van der Waals surface area contributed by atoms with Gasteiger partial charge in [-0.05, 0) is 38.2 Å². The number of carboxylic acid groups (broad SMARTS) is 1. The minimum absolute atomic E-state index is 0.247. The van der Waals surface area contributed by atoms with Crippen molar-refractivity contribution >= 4 is 35.5 Å². The highest BCUT2D eigenvalue weighted by Crippen LogP contribution is 2.06. The van der Waals surface area contributed by atoms with Crippen LogP contribution in [0.25, 0.3) is 0 Å². The Hall–Kier alpha value is -1.85. The van der Waals surface area contributed by atoms with Crippen LogP contribution in [0.3, 0.4) is 0 Å². The summed E-state index contributed by atoms with van der Waals surface area (Å²) in [4.78, 5) is 48.2. The van der Waals surface area contributed by atoms with Crippen LogP contribution in [0.4, 0.5) is 0 Å². The standard InChI is InChI=1S/C17H32N4O6S/c1-8(2)12(17(26)27)20-15(24)11(6-7-28-5)19-16(25)13(10(4)22)21-14(23)9(3)18/h8-13,22H,6-7,18H2,1-5H3,(H,19,25)(H,20,24)(H,21,23)(H,26,27). The van der Waals surface area contributed by atoms with E-state index in [1.165, 1.54) is 25.6 Å². The quantitative estimate of drug-likeness (QED) is 0.225. The van der Waals surface area contributed by atoms with E-state index in [-0.39, 0.29) is 12.3 Å². The number of thioether (sulfide) groups is 1. The number of nitrogens with two attached hydrogens (primary N) is 1. The lowest BCUT2D eigenvalue weighted by Gasteiger charge is -2.26. The lowest BCUT2D eigenvalue weighted by Crippen LogP contribution is -2.59. The molecule has 0 rings (SSSR count). The van der Waals surface area contributed by atoms with Gasteiger partial charge in [-0.2, -0.15) is 11.8 Å². The molecule has 0 heterocycles. The zero-order chi connectivity index (χ0) is 22.0. The van der Waals surface area contributed by atoms with Gasteiger partial charge in [0.05, 0.1) is 12.1 Å². The van der Waals surface area contributed by atoms with Crippen molar-refractivity contribution in [2.75, 3.05) is 12.0 Å². The number of hydrogen-bond donors (Lipinski definition) is 6. The third-order valence-corrected chi connectivity index (χ3v) is 4.59. The number of amides is 3.